The number of carbonyl (C=O) groups excluding carboxylic acids is 2. The van der Waals surface area contributed by atoms with Crippen molar-refractivity contribution < 1.29 is 9.59 Å². The fourth-order valence-electron chi connectivity index (χ4n) is 2.52. The summed E-state index contributed by atoms with van der Waals surface area (Å²) < 4.78 is 0. The second-order valence-corrected chi connectivity index (χ2v) is 7.29. The van der Waals surface area contributed by atoms with Gasteiger partial charge in [0.2, 0.25) is 11.8 Å². The Labute approximate surface area is 123 Å². The monoisotopic (exact) mass is 295 g/mol. The molecule has 2 unspecified atom stereocenters. The molecule has 0 spiro atoms. The van der Waals surface area contributed by atoms with Crippen molar-refractivity contribution in [2.75, 3.05) is 0 Å². The molecular formula is C14H21N3O2S. The molecule has 1 aromatic rings. The van der Waals surface area contributed by atoms with Gasteiger partial charge in [0, 0.05) is 11.1 Å². The summed E-state index contributed by atoms with van der Waals surface area (Å²) in [5, 5.41) is 5.58. The van der Waals surface area contributed by atoms with E-state index < -0.39 is 12.1 Å². The average molecular weight is 295 g/mol. The molecule has 0 bridgehead atoms. The standard InChI is InChI=1S/C14H21N3O2S/c1-8-7-20-10(15-8)6-17-11(14(3,4)5)12(18)16-9(2)13(17)19/h7,9,11H,6H2,1-5H3,(H,16,18). The van der Waals surface area contributed by atoms with Crippen LogP contribution in [0, 0.1) is 12.3 Å². The van der Waals surface area contributed by atoms with Gasteiger partial charge in [-0.2, -0.15) is 0 Å². The van der Waals surface area contributed by atoms with Gasteiger partial charge in [0.05, 0.1) is 6.54 Å². The van der Waals surface area contributed by atoms with Crippen LogP contribution in [0.4, 0.5) is 0 Å². The highest BCUT2D eigenvalue weighted by Gasteiger charge is 2.44. The van der Waals surface area contributed by atoms with Crippen LogP contribution in [-0.2, 0) is 16.1 Å². The molecule has 0 aliphatic carbocycles. The molecule has 0 saturated carbocycles. The fourth-order valence-corrected chi connectivity index (χ4v) is 3.29. The molecule has 1 saturated heterocycles. The van der Waals surface area contributed by atoms with Gasteiger partial charge in [-0.05, 0) is 19.3 Å². The first-order valence-electron chi connectivity index (χ1n) is 6.72. The Kier molecular flexibility index (Phi) is 3.86. The summed E-state index contributed by atoms with van der Waals surface area (Å²) in [6, 6.07) is -0.933. The highest BCUT2D eigenvalue weighted by molar-refractivity contribution is 7.09. The summed E-state index contributed by atoms with van der Waals surface area (Å²) in [6.45, 7) is 9.96. The molecular weight excluding hydrogens is 274 g/mol. The number of aromatic nitrogens is 1. The van der Waals surface area contributed by atoms with E-state index in [2.05, 4.69) is 10.3 Å². The SMILES string of the molecule is Cc1csc(CN2C(=O)C(C)NC(=O)C2C(C)(C)C)n1. The van der Waals surface area contributed by atoms with Crippen molar-refractivity contribution in [3.05, 3.63) is 16.1 Å². The van der Waals surface area contributed by atoms with Gasteiger partial charge in [0.15, 0.2) is 0 Å². The molecule has 1 aliphatic heterocycles. The van der Waals surface area contributed by atoms with E-state index >= 15 is 0 Å². The van der Waals surface area contributed by atoms with E-state index in [-0.39, 0.29) is 17.2 Å². The van der Waals surface area contributed by atoms with Crippen molar-refractivity contribution >= 4 is 23.2 Å². The lowest BCUT2D eigenvalue weighted by molar-refractivity contribution is -0.154. The minimum atomic E-state index is -0.470. The first kappa shape index (κ1) is 15.0. The number of thiazole rings is 1. The Morgan fingerprint density at radius 3 is 2.55 bits per heavy atom. The lowest BCUT2D eigenvalue weighted by Gasteiger charge is -2.43. The molecule has 0 radical (unpaired) electrons. The molecule has 5 nitrogen and oxygen atoms in total. The van der Waals surface area contributed by atoms with Crippen LogP contribution < -0.4 is 5.32 Å². The number of nitrogens with zero attached hydrogens (tertiary/aromatic N) is 2. The second-order valence-electron chi connectivity index (χ2n) is 6.35. The first-order chi connectivity index (χ1) is 9.20. The van der Waals surface area contributed by atoms with E-state index in [0.29, 0.717) is 6.54 Å². The summed E-state index contributed by atoms with van der Waals surface area (Å²) in [7, 11) is 0. The lowest BCUT2D eigenvalue weighted by Crippen LogP contribution is -2.65. The minimum absolute atomic E-state index is 0.0441. The van der Waals surface area contributed by atoms with E-state index in [1.54, 1.807) is 11.8 Å². The Morgan fingerprint density at radius 1 is 1.40 bits per heavy atom. The minimum Gasteiger partial charge on any atom is -0.343 e. The smallest absolute Gasteiger partial charge is 0.245 e. The Balaban J connectivity index is 2.32. The van der Waals surface area contributed by atoms with Crippen LogP contribution in [0.25, 0.3) is 0 Å². The van der Waals surface area contributed by atoms with Gasteiger partial charge in [0.25, 0.3) is 0 Å². The number of hydrogen-bond acceptors (Lipinski definition) is 4. The van der Waals surface area contributed by atoms with Crippen LogP contribution >= 0.6 is 11.3 Å². The quantitative estimate of drug-likeness (QED) is 0.903. The predicted octanol–water partition coefficient (Wildman–Crippen LogP) is 1.71. The molecule has 2 amide bonds. The number of nitrogens with one attached hydrogen (secondary N) is 1. The third kappa shape index (κ3) is 2.85. The summed E-state index contributed by atoms with van der Waals surface area (Å²) >= 11 is 1.52. The van der Waals surface area contributed by atoms with Gasteiger partial charge in [-0.3, -0.25) is 9.59 Å². The molecule has 2 heterocycles. The molecule has 2 rings (SSSR count). The maximum absolute atomic E-state index is 12.4. The third-order valence-corrected chi connectivity index (χ3v) is 4.32. The van der Waals surface area contributed by atoms with Crippen molar-refractivity contribution in [2.24, 2.45) is 5.41 Å². The van der Waals surface area contributed by atoms with Crippen LogP contribution in [0.15, 0.2) is 5.38 Å². The molecule has 0 aromatic carbocycles. The van der Waals surface area contributed by atoms with E-state index in [9.17, 15) is 9.59 Å². The fraction of sp³-hybridized carbons (Fsp3) is 0.643. The molecule has 6 heteroatoms. The van der Waals surface area contributed by atoms with E-state index in [1.807, 2.05) is 33.1 Å². The van der Waals surface area contributed by atoms with Crippen molar-refractivity contribution in [3.8, 4) is 0 Å². The van der Waals surface area contributed by atoms with E-state index in [4.69, 9.17) is 0 Å². The number of rotatable bonds is 2. The number of hydrogen-bond donors (Lipinski definition) is 1. The van der Waals surface area contributed by atoms with E-state index in [1.165, 1.54) is 11.3 Å². The highest BCUT2D eigenvalue weighted by Crippen LogP contribution is 2.29. The Morgan fingerprint density at radius 2 is 2.05 bits per heavy atom. The summed E-state index contributed by atoms with van der Waals surface area (Å²) in [6.07, 6.45) is 0. The van der Waals surface area contributed by atoms with E-state index in [0.717, 1.165) is 10.7 Å². The molecule has 20 heavy (non-hydrogen) atoms. The van der Waals surface area contributed by atoms with Gasteiger partial charge in [-0.15, -0.1) is 11.3 Å². The topological polar surface area (TPSA) is 62.3 Å². The van der Waals surface area contributed by atoms with Gasteiger partial charge >= 0.3 is 0 Å². The molecule has 110 valence electrons. The van der Waals surface area contributed by atoms with Crippen LogP contribution in [0.3, 0.4) is 0 Å². The van der Waals surface area contributed by atoms with Crippen molar-refractivity contribution in [1.29, 1.82) is 0 Å². The number of aryl methyl sites for hydroxylation is 1. The van der Waals surface area contributed by atoms with Crippen LogP contribution in [-0.4, -0.2) is 33.8 Å². The molecule has 1 N–H and O–H groups in total. The molecule has 2 atom stereocenters. The van der Waals surface area contributed by atoms with Gasteiger partial charge in [-0.25, -0.2) is 4.98 Å². The number of piperazine rings is 1. The first-order valence-corrected chi connectivity index (χ1v) is 7.60. The molecule has 1 fully saturated rings. The van der Waals surface area contributed by atoms with Crippen molar-refractivity contribution in [3.63, 3.8) is 0 Å². The highest BCUT2D eigenvalue weighted by atomic mass is 32.1. The molecule has 1 aliphatic rings. The lowest BCUT2D eigenvalue weighted by atomic mass is 9.83. The maximum Gasteiger partial charge on any atom is 0.245 e. The largest absolute Gasteiger partial charge is 0.343 e. The number of amides is 2. The Bertz CT molecular complexity index is 533. The van der Waals surface area contributed by atoms with Crippen LogP contribution in [0.2, 0.25) is 0 Å². The number of carbonyl (C=O) groups is 2. The normalized spacial score (nSPS) is 23.9. The van der Waals surface area contributed by atoms with Crippen LogP contribution in [0.1, 0.15) is 38.4 Å². The zero-order chi connectivity index (χ0) is 15.1. The van der Waals surface area contributed by atoms with Crippen LogP contribution in [0.5, 0.6) is 0 Å². The van der Waals surface area contributed by atoms with Crippen molar-refractivity contribution in [2.45, 2.75) is 53.2 Å². The maximum atomic E-state index is 12.4. The van der Waals surface area contributed by atoms with Gasteiger partial charge < -0.3 is 10.2 Å². The predicted molar refractivity (Wildman–Crippen MR) is 78.2 cm³/mol. The summed E-state index contributed by atoms with van der Waals surface area (Å²) in [5.74, 6) is -0.129. The van der Waals surface area contributed by atoms with Gasteiger partial charge in [0.1, 0.15) is 17.1 Å². The zero-order valence-electron chi connectivity index (χ0n) is 12.6. The summed E-state index contributed by atoms with van der Waals surface area (Å²) in [5.41, 5.74) is 0.630. The summed E-state index contributed by atoms with van der Waals surface area (Å²) in [4.78, 5) is 30.8. The molecule has 1 aromatic heterocycles. The second kappa shape index (κ2) is 5.16. The third-order valence-electron chi connectivity index (χ3n) is 3.36. The van der Waals surface area contributed by atoms with Gasteiger partial charge in [-0.1, -0.05) is 20.8 Å². The Hall–Kier alpha value is -1.43. The van der Waals surface area contributed by atoms with Crippen molar-refractivity contribution in [1.82, 2.24) is 15.2 Å². The zero-order valence-corrected chi connectivity index (χ0v) is 13.4. The average Bonchev–Trinajstić information content (AvgIpc) is 2.69.